The Bertz CT molecular complexity index is 907. The van der Waals surface area contributed by atoms with E-state index in [1.165, 1.54) is 31.4 Å². The molecule has 1 saturated carbocycles. The van der Waals surface area contributed by atoms with Crippen LogP contribution < -0.4 is 0 Å². The van der Waals surface area contributed by atoms with Crippen LogP contribution in [0.2, 0.25) is 0 Å². The standard InChI is InChI=1S/C22H21F3INO/c23-19-8-7-17(22(28)27-11-14(12-27)4-3-13-1-2-13)18(21(19)25)9-15-5-6-16(26)10-20(15)24/h5-8,10,13-14H,1-4,9,11-12H2. The molecular weight excluding hydrogens is 478 g/mol. The molecule has 148 valence electrons. The van der Waals surface area contributed by atoms with Crippen LogP contribution in [0.3, 0.4) is 0 Å². The maximum Gasteiger partial charge on any atom is 0.254 e. The van der Waals surface area contributed by atoms with E-state index in [0.29, 0.717) is 22.6 Å². The number of carbonyl (C=O) groups excluding carboxylic acids is 1. The topological polar surface area (TPSA) is 20.3 Å². The van der Waals surface area contributed by atoms with E-state index < -0.39 is 17.5 Å². The first-order valence-corrected chi connectivity index (χ1v) is 10.7. The Hall–Kier alpha value is -1.57. The van der Waals surface area contributed by atoms with Crippen LogP contribution in [0.5, 0.6) is 0 Å². The average molecular weight is 499 g/mol. The Morgan fingerprint density at radius 2 is 1.71 bits per heavy atom. The fourth-order valence-electron chi connectivity index (χ4n) is 3.79. The summed E-state index contributed by atoms with van der Waals surface area (Å²) in [5.74, 6) is -1.53. The molecule has 0 aromatic heterocycles. The summed E-state index contributed by atoms with van der Waals surface area (Å²) >= 11 is 1.99. The molecule has 0 radical (unpaired) electrons. The third kappa shape index (κ3) is 4.21. The number of rotatable bonds is 6. The van der Waals surface area contributed by atoms with Gasteiger partial charge in [-0.2, -0.15) is 0 Å². The van der Waals surface area contributed by atoms with Crippen LogP contribution >= 0.6 is 22.6 Å². The van der Waals surface area contributed by atoms with Gasteiger partial charge >= 0.3 is 0 Å². The van der Waals surface area contributed by atoms with Gasteiger partial charge in [0.15, 0.2) is 11.6 Å². The lowest BCUT2D eigenvalue weighted by Crippen LogP contribution is -2.50. The molecule has 0 spiro atoms. The van der Waals surface area contributed by atoms with Gasteiger partial charge in [0.1, 0.15) is 5.82 Å². The lowest BCUT2D eigenvalue weighted by Gasteiger charge is -2.40. The fourth-order valence-corrected chi connectivity index (χ4v) is 4.24. The highest BCUT2D eigenvalue weighted by Gasteiger charge is 2.34. The first kappa shape index (κ1) is 19.7. The number of likely N-dealkylation sites (tertiary alicyclic amines) is 1. The Morgan fingerprint density at radius 3 is 2.39 bits per heavy atom. The number of carbonyl (C=O) groups is 1. The molecule has 2 aromatic rings. The van der Waals surface area contributed by atoms with E-state index >= 15 is 0 Å². The van der Waals surface area contributed by atoms with Crippen LogP contribution in [-0.2, 0) is 6.42 Å². The van der Waals surface area contributed by atoms with Crippen molar-refractivity contribution in [1.82, 2.24) is 4.90 Å². The molecule has 6 heteroatoms. The second kappa shape index (κ2) is 8.05. The largest absolute Gasteiger partial charge is 0.338 e. The van der Waals surface area contributed by atoms with Gasteiger partial charge in [0, 0.05) is 34.2 Å². The number of hydrogen-bond donors (Lipinski definition) is 0. The summed E-state index contributed by atoms with van der Waals surface area (Å²) in [6, 6.07) is 6.89. The van der Waals surface area contributed by atoms with E-state index in [1.54, 1.807) is 17.0 Å². The molecule has 1 aliphatic heterocycles. The highest BCUT2D eigenvalue weighted by atomic mass is 127. The molecule has 4 rings (SSSR count). The highest BCUT2D eigenvalue weighted by Crippen LogP contribution is 2.36. The lowest BCUT2D eigenvalue weighted by atomic mass is 9.91. The minimum Gasteiger partial charge on any atom is -0.338 e. The molecule has 0 bridgehead atoms. The smallest absolute Gasteiger partial charge is 0.254 e. The van der Waals surface area contributed by atoms with Crippen molar-refractivity contribution < 1.29 is 18.0 Å². The molecule has 2 aromatic carbocycles. The van der Waals surface area contributed by atoms with Crippen LogP contribution in [0.4, 0.5) is 13.2 Å². The third-order valence-corrected chi connectivity index (χ3v) is 6.40. The van der Waals surface area contributed by atoms with Crippen molar-refractivity contribution in [1.29, 1.82) is 0 Å². The van der Waals surface area contributed by atoms with Gasteiger partial charge in [0.05, 0.1) is 0 Å². The van der Waals surface area contributed by atoms with Gasteiger partial charge in [-0.15, -0.1) is 0 Å². The third-order valence-electron chi connectivity index (χ3n) is 5.73. The molecule has 0 unspecified atom stereocenters. The lowest BCUT2D eigenvalue weighted by molar-refractivity contribution is 0.0477. The van der Waals surface area contributed by atoms with E-state index in [0.717, 1.165) is 18.4 Å². The van der Waals surface area contributed by atoms with Crippen LogP contribution in [0.1, 0.15) is 47.2 Å². The first-order valence-electron chi connectivity index (χ1n) is 9.62. The molecule has 2 fully saturated rings. The summed E-state index contributed by atoms with van der Waals surface area (Å²) in [6.45, 7) is 1.31. The van der Waals surface area contributed by atoms with E-state index in [1.807, 2.05) is 22.6 Å². The van der Waals surface area contributed by atoms with Gasteiger partial charge in [0.25, 0.3) is 5.91 Å². The highest BCUT2D eigenvalue weighted by molar-refractivity contribution is 14.1. The summed E-state index contributed by atoms with van der Waals surface area (Å²) in [4.78, 5) is 14.6. The Labute approximate surface area is 176 Å². The molecule has 0 N–H and O–H groups in total. The first-order chi connectivity index (χ1) is 13.4. The molecule has 0 atom stereocenters. The molecule has 28 heavy (non-hydrogen) atoms. The molecule has 1 aliphatic carbocycles. The zero-order valence-electron chi connectivity index (χ0n) is 15.4. The van der Waals surface area contributed by atoms with Crippen molar-refractivity contribution in [2.24, 2.45) is 11.8 Å². The number of halogens is 4. The minimum absolute atomic E-state index is 0.0773. The van der Waals surface area contributed by atoms with E-state index in [-0.39, 0.29) is 29.0 Å². The van der Waals surface area contributed by atoms with E-state index in [2.05, 4.69) is 0 Å². The summed E-state index contributed by atoms with van der Waals surface area (Å²) in [5, 5.41) is 0. The molecule has 1 amide bonds. The van der Waals surface area contributed by atoms with Crippen molar-refractivity contribution in [2.45, 2.75) is 32.1 Å². The molecule has 2 aliphatic rings. The van der Waals surface area contributed by atoms with Gasteiger partial charge in [0.2, 0.25) is 0 Å². The van der Waals surface area contributed by atoms with E-state index in [4.69, 9.17) is 0 Å². The van der Waals surface area contributed by atoms with Gasteiger partial charge in [-0.3, -0.25) is 4.79 Å². The van der Waals surface area contributed by atoms with Crippen LogP contribution in [-0.4, -0.2) is 23.9 Å². The monoisotopic (exact) mass is 499 g/mol. The number of amides is 1. The summed E-state index contributed by atoms with van der Waals surface area (Å²) in [7, 11) is 0. The second-order valence-electron chi connectivity index (χ2n) is 7.90. The number of hydrogen-bond acceptors (Lipinski definition) is 1. The predicted octanol–water partition coefficient (Wildman–Crippen LogP) is 5.56. The number of nitrogens with zero attached hydrogens (tertiary/aromatic N) is 1. The average Bonchev–Trinajstić information content (AvgIpc) is 3.44. The van der Waals surface area contributed by atoms with Crippen LogP contribution in [0.25, 0.3) is 0 Å². The van der Waals surface area contributed by atoms with Crippen LogP contribution in [0, 0.1) is 32.9 Å². The van der Waals surface area contributed by atoms with E-state index in [9.17, 15) is 18.0 Å². The van der Waals surface area contributed by atoms with Crippen LogP contribution in [0.15, 0.2) is 30.3 Å². The normalized spacial score (nSPS) is 16.9. The Balaban J connectivity index is 1.52. The molecule has 1 saturated heterocycles. The van der Waals surface area contributed by atoms with Crippen molar-refractivity contribution >= 4 is 28.5 Å². The van der Waals surface area contributed by atoms with Crippen molar-refractivity contribution in [3.63, 3.8) is 0 Å². The van der Waals surface area contributed by atoms with Crippen molar-refractivity contribution in [3.8, 4) is 0 Å². The second-order valence-corrected chi connectivity index (χ2v) is 9.14. The maximum atomic E-state index is 14.5. The van der Waals surface area contributed by atoms with Gasteiger partial charge in [-0.1, -0.05) is 25.3 Å². The quantitative estimate of drug-likeness (QED) is 0.477. The Kier molecular flexibility index (Phi) is 5.67. The SMILES string of the molecule is O=C(c1ccc(F)c(F)c1Cc1ccc(I)cc1F)N1CC(CCC2CC2)C1. The van der Waals surface area contributed by atoms with Gasteiger partial charge in [-0.25, -0.2) is 13.2 Å². The summed E-state index contributed by atoms with van der Waals surface area (Å²) in [5.41, 5.74) is 0.286. The van der Waals surface area contributed by atoms with Crippen molar-refractivity contribution in [3.05, 3.63) is 68.0 Å². The Morgan fingerprint density at radius 1 is 1.00 bits per heavy atom. The van der Waals surface area contributed by atoms with Gasteiger partial charge < -0.3 is 4.90 Å². The minimum atomic E-state index is -1.07. The summed E-state index contributed by atoms with van der Waals surface area (Å²) in [6.07, 6.45) is 4.82. The fraction of sp³-hybridized carbons (Fsp3) is 0.409. The molecule has 1 heterocycles. The molecular formula is C22H21F3INO. The molecule has 2 nitrogen and oxygen atoms in total. The zero-order valence-corrected chi connectivity index (χ0v) is 17.5. The maximum absolute atomic E-state index is 14.5. The zero-order chi connectivity index (χ0) is 19.8. The predicted molar refractivity (Wildman–Crippen MR) is 110 cm³/mol. The number of benzene rings is 2. The van der Waals surface area contributed by atoms with Crippen molar-refractivity contribution in [2.75, 3.05) is 13.1 Å². The summed E-state index contributed by atoms with van der Waals surface area (Å²) < 4.78 is 43.3. The van der Waals surface area contributed by atoms with Gasteiger partial charge in [-0.05, 0) is 70.7 Å².